The molecule has 0 spiro atoms. The van der Waals surface area contributed by atoms with Crippen LogP contribution in [0.25, 0.3) is 28.1 Å². The number of aryl methyl sites for hydroxylation is 2. The number of rotatable bonds is 10. The third kappa shape index (κ3) is 4.18. The number of H-pyrrole nitrogens is 1. The van der Waals surface area contributed by atoms with E-state index in [1.807, 2.05) is 23.1 Å². The molecule has 1 fully saturated rings. The van der Waals surface area contributed by atoms with Gasteiger partial charge < -0.3 is 24.9 Å². The fourth-order valence-electron chi connectivity index (χ4n) is 4.94. The van der Waals surface area contributed by atoms with Crippen molar-refractivity contribution in [3.63, 3.8) is 0 Å². The normalized spacial score (nSPS) is 14.0. The van der Waals surface area contributed by atoms with E-state index in [1.165, 1.54) is 0 Å². The molecule has 198 valence electrons. The van der Waals surface area contributed by atoms with Gasteiger partial charge in [0.1, 0.15) is 17.2 Å². The second kappa shape index (κ2) is 9.89. The van der Waals surface area contributed by atoms with Crippen molar-refractivity contribution in [1.82, 2.24) is 43.9 Å². The second-order valence-corrected chi connectivity index (χ2v) is 9.65. The first-order valence-electron chi connectivity index (χ1n) is 13.0. The average Bonchev–Trinajstić information content (AvgIpc) is 3.63. The number of aliphatic hydroxyl groups excluding tert-OH is 1. The lowest BCUT2D eigenvalue weighted by molar-refractivity contribution is 0.311. The Bertz CT molecular complexity index is 1640. The van der Waals surface area contributed by atoms with Gasteiger partial charge >= 0.3 is 0 Å². The van der Waals surface area contributed by atoms with Gasteiger partial charge in [-0.3, -0.25) is 9.48 Å². The Morgan fingerprint density at radius 3 is 2.92 bits per heavy atom. The maximum absolute atomic E-state index is 13.3. The minimum Gasteiger partial charge on any atom is -0.395 e. The van der Waals surface area contributed by atoms with Crippen LogP contribution in [0.3, 0.4) is 0 Å². The predicted octanol–water partition coefficient (Wildman–Crippen LogP) is 1.99. The van der Waals surface area contributed by atoms with Crippen molar-refractivity contribution in [3.8, 4) is 11.3 Å². The van der Waals surface area contributed by atoms with Crippen LogP contribution in [0.5, 0.6) is 0 Å². The van der Waals surface area contributed by atoms with Gasteiger partial charge in [-0.2, -0.15) is 10.1 Å². The Hall–Kier alpha value is -4.26. The van der Waals surface area contributed by atoms with Crippen LogP contribution in [0.15, 0.2) is 35.5 Å². The number of nitrogens with one attached hydrogen (secondary N) is 2. The van der Waals surface area contributed by atoms with Gasteiger partial charge in [0.15, 0.2) is 0 Å². The van der Waals surface area contributed by atoms with E-state index in [0.717, 1.165) is 55.7 Å². The Balaban J connectivity index is 1.25. The lowest BCUT2D eigenvalue weighted by Crippen LogP contribution is -2.48. The molecule has 38 heavy (non-hydrogen) atoms. The summed E-state index contributed by atoms with van der Waals surface area (Å²) in [4.78, 5) is 27.6. The van der Waals surface area contributed by atoms with Gasteiger partial charge in [-0.05, 0) is 25.5 Å². The summed E-state index contributed by atoms with van der Waals surface area (Å²) in [6.45, 7) is 6.70. The molecule has 0 amide bonds. The maximum atomic E-state index is 13.3. The summed E-state index contributed by atoms with van der Waals surface area (Å²) in [6, 6.07) is 3.99. The molecule has 0 saturated carbocycles. The quantitative estimate of drug-likeness (QED) is 0.237. The molecule has 5 aromatic rings. The molecule has 3 N–H and O–H groups in total. The fourth-order valence-corrected chi connectivity index (χ4v) is 4.94. The van der Waals surface area contributed by atoms with Gasteiger partial charge in [0, 0.05) is 44.1 Å². The van der Waals surface area contributed by atoms with Crippen LogP contribution in [0, 0.1) is 6.92 Å². The number of fused-ring (bicyclic) bond motifs is 2. The van der Waals surface area contributed by atoms with E-state index in [9.17, 15) is 4.79 Å². The molecule has 0 aromatic carbocycles. The molecule has 0 unspecified atom stereocenters. The molecule has 1 aliphatic rings. The molecule has 0 bridgehead atoms. The van der Waals surface area contributed by atoms with Crippen LogP contribution < -0.4 is 15.8 Å². The maximum Gasteiger partial charge on any atom is 0.284 e. The Labute approximate surface area is 218 Å². The van der Waals surface area contributed by atoms with E-state index in [-0.39, 0.29) is 18.2 Å². The summed E-state index contributed by atoms with van der Waals surface area (Å²) in [5.41, 5.74) is 2.98. The summed E-state index contributed by atoms with van der Waals surface area (Å²) in [7, 11) is 0. The van der Waals surface area contributed by atoms with E-state index in [2.05, 4.69) is 52.0 Å². The molecule has 1 saturated heterocycles. The van der Waals surface area contributed by atoms with Crippen LogP contribution >= 0.6 is 0 Å². The predicted molar refractivity (Wildman–Crippen MR) is 143 cm³/mol. The largest absolute Gasteiger partial charge is 0.395 e. The van der Waals surface area contributed by atoms with Gasteiger partial charge in [0.25, 0.3) is 5.56 Å². The van der Waals surface area contributed by atoms with Gasteiger partial charge in [0.05, 0.1) is 30.1 Å². The molecule has 0 atom stereocenters. The lowest BCUT2D eigenvalue weighted by atomic mass is 10.1. The van der Waals surface area contributed by atoms with Gasteiger partial charge in [-0.1, -0.05) is 19.8 Å². The van der Waals surface area contributed by atoms with Crippen molar-refractivity contribution in [1.29, 1.82) is 0 Å². The molecule has 6 rings (SSSR count). The molecule has 0 radical (unpaired) electrons. The monoisotopic (exact) mass is 517 g/mol. The van der Waals surface area contributed by atoms with E-state index >= 15 is 0 Å². The topological polar surface area (TPSA) is 147 Å². The summed E-state index contributed by atoms with van der Waals surface area (Å²) in [5, 5.41) is 25.1. The van der Waals surface area contributed by atoms with Gasteiger partial charge in [-0.25, -0.2) is 9.38 Å². The van der Waals surface area contributed by atoms with Gasteiger partial charge in [-0.15, -0.1) is 10.2 Å². The third-order valence-corrected chi connectivity index (χ3v) is 7.03. The molecule has 6 heterocycles. The third-order valence-electron chi connectivity index (χ3n) is 7.03. The minimum atomic E-state index is -0.145. The number of unbranched alkanes of at least 4 members (excludes halogenated alkanes) is 2. The lowest BCUT2D eigenvalue weighted by Gasteiger charge is -2.39. The van der Waals surface area contributed by atoms with E-state index in [0.29, 0.717) is 35.4 Å². The highest BCUT2D eigenvalue weighted by atomic mass is 16.3. The van der Waals surface area contributed by atoms with Crippen LogP contribution in [0.1, 0.15) is 38.1 Å². The first-order chi connectivity index (χ1) is 18.6. The minimum absolute atomic E-state index is 0.0442. The first kappa shape index (κ1) is 24.1. The van der Waals surface area contributed by atoms with E-state index in [1.54, 1.807) is 23.6 Å². The zero-order valence-corrected chi connectivity index (χ0v) is 21.5. The van der Waals surface area contributed by atoms with Gasteiger partial charge in [0.2, 0.25) is 11.7 Å². The Morgan fingerprint density at radius 2 is 2.11 bits per heavy atom. The highest BCUT2D eigenvalue weighted by Gasteiger charge is 2.31. The van der Waals surface area contributed by atoms with Crippen LogP contribution in [-0.4, -0.2) is 75.2 Å². The second-order valence-electron chi connectivity index (χ2n) is 9.65. The number of aromatic nitrogens is 9. The molecular weight excluding hydrogens is 486 g/mol. The molecule has 13 nitrogen and oxygen atoms in total. The van der Waals surface area contributed by atoms with Crippen molar-refractivity contribution in [2.75, 3.05) is 36.5 Å². The number of hydrogen-bond donors (Lipinski definition) is 3. The van der Waals surface area contributed by atoms with E-state index in [4.69, 9.17) is 5.11 Å². The summed E-state index contributed by atoms with van der Waals surface area (Å²) in [5.74, 6) is 2.49. The van der Waals surface area contributed by atoms with Crippen LogP contribution in [0.2, 0.25) is 0 Å². The number of aliphatic hydroxyl groups is 1. The Kier molecular flexibility index (Phi) is 6.27. The zero-order chi connectivity index (χ0) is 26.2. The zero-order valence-electron chi connectivity index (χ0n) is 21.5. The summed E-state index contributed by atoms with van der Waals surface area (Å²) in [6.07, 6.45) is 8.76. The van der Waals surface area contributed by atoms with Crippen molar-refractivity contribution in [2.24, 2.45) is 0 Å². The number of aromatic amines is 1. The van der Waals surface area contributed by atoms with Crippen molar-refractivity contribution in [3.05, 3.63) is 46.9 Å². The van der Waals surface area contributed by atoms with Crippen molar-refractivity contribution >= 4 is 28.6 Å². The average molecular weight is 518 g/mol. The number of hydrogen-bond acceptors (Lipinski definition) is 9. The summed E-state index contributed by atoms with van der Waals surface area (Å²) < 4.78 is 5.63. The van der Waals surface area contributed by atoms with Crippen LogP contribution in [0.4, 0.5) is 11.8 Å². The smallest absolute Gasteiger partial charge is 0.284 e. The highest BCUT2D eigenvalue weighted by Crippen LogP contribution is 2.29. The molecule has 0 aliphatic carbocycles. The SMILES string of the molecule is CCCCCn1c2cc(-c3cnn(C4CN(c5nccc(NCCO)n5)C4)c3)[nH]c2c(=O)n2c(C)nnc12. The Morgan fingerprint density at radius 1 is 1.24 bits per heavy atom. The fraction of sp³-hybridized carbons (Fsp3) is 0.440. The van der Waals surface area contributed by atoms with Crippen molar-refractivity contribution in [2.45, 2.75) is 45.7 Å². The van der Waals surface area contributed by atoms with Crippen molar-refractivity contribution < 1.29 is 5.11 Å². The number of anilines is 2. The standard InChI is InChI=1S/C25H31N11O2/c1-3-4-5-9-34-20-11-19(29-22(20)23(38)36-16(2)31-32-25(34)36)17-12-28-35(13-17)18-14-33(15-18)24-27-7-6-21(30-24)26-8-10-37/h6-7,11-13,18,29,37H,3-5,8-10,14-15H2,1-2H3,(H,26,27,30). The number of nitrogens with zero attached hydrogens (tertiary/aromatic N) is 9. The molecule has 13 heteroatoms. The molecular formula is C25H31N11O2. The first-order valence-corrected chi connectivity index (χ1v) is 13.0. The summed E-state index contributed by atoms with van der Waals surface area (Å²) >= 11 is 0. The van der Waals surface area contributed by atoms with E-state index < -0.39 is 0 Å². The molecule has 5 aromatic heterocycles. The molecule has 1 aliphatic heterocycles. The highest BCUT2D eigenvalue weighted by molar-refractivity contribution is 5.83. The van der Waals surface area contributed by atoms with Crippen LogP contribution in [-0.2, 0) is 6.54 Å².